The predicted molar refractivity (Wildman–Crippen MR) is 85.2 cm³/mol. The van der Waals surface area contributed by atoms with Crippen LogP contribution in [0.2, 0.25) is 0 Å². The predicted octanol–water partition coefficient (Wildman–Crippen LogP) is 4.08. The molecule has 0 saturated heterocycles. The Bertz CT molecular complexity index is 685. The molecular weight excluding hydrogens is 321 g/mol. The molecule has 2 rings (SSSR count). The highest BCUT2D eigenvalue weighted by Crippen LogP contribution is 2.34. The van der Waals surface area contributed by atoms with Crippen molar-refractivity contribution in [3.8, 4) is 5.75 Å². The molecule has 0 spiro atoms. The number of amides is 2. The second-order valence-corrected chi connectivity index (χ2v) is 5.02. The Hall–Kier alpha value is -2.70. The van der Waals surface area contributed by atoms with E-state index in [4.69, 9.17) is 4.74 Å². The van der Waals surface area contributed by atoms with Crippen LogP contribution in [-0.4, -0.2) is 19.7 Å². The highest BCUT2D eigenvalue weighted by atomic mass is 19.4. The standard InChI is InChI=1S/C17H17F3N2O2/c1-24-13-8-6-12(7-9-13)10-11-21-16(23)22-15-5-3-2-4-14(15)17(18,19)20/h2-9H,10-11H2,1H3,(H2,21,22,23). The molecule has 0 atom stereocenters. The van der Waals surface area contributed by atoms with E-state index in [9.17, 15) is 18.0 Å². The number of hydrogen-bond acceptors (Lipinski definition) is 2. The number of alkyl halides is 3. The fourth-order valence-corrected chi connectivity index (χ4v) is 2.12. The first kappa shape index (κ1) is 17.7. The molecule has 0 fully saturated rings. The number of methoxy groups -OCH3 is 1. The minimum absolute atomic E-state index is 0.271. The Morgan fingerprint density at radius 1 is 1.08 bits per heavy atom. The van der Waals surface area contributed by atoms with E-state index < -0.39 is 17.8 Å². The van der Waals surface area contributed by atoms with Crippen molar-refractivity contribution in [1.82, 2.24) is 5.32 Å². The minimum atomic E-state index is -4.52. The molecule has 2 aromatic rings. The number of hydrogen-bond donors (Lipinski definition) is 2. The van der Waals surface area contributed by atoms with Gasteiger partial charge in [-0.3, -0.25) is 0 Å². The Morgan fingerprint density at radius 2 is 1.75 bits per heavy atom. The fourth-order valence-electron chi connectivity index (χ4n) is 2.12. The summed E-state index contributed by atoms with van der Waals surface area (Å²) >= 11 is 0. The molecule has 0 heterocycles. The number of urea groups is 1. The summed E-state index contributed by atoms with van der Waals surface area (Å²) in [6.07, 6.45) is -3.97. The Kier molecular flexibility index (Phi) is 5.68. The molecule has 4 nitrogen and oxygen atoms in total. The second kappa shape index (κ2) is 7.72. The molecule has 0 saturated carbocycles. The molecule has 0 unspecified atom stereocenters. The van der Waals surface area contributed by atoms with Crippen LogP contribution >= 0.6 is 0 Å². The summed E-state index contributed by atoms with van der Waals surface area (Å²) in [4.78, 5) is 11.8. The van der Waals surface area contributed by atoms with Gasteiger partial charge in [0.15, 0.2) is 0 Å². The summed E-state index contributed by atoms with van der Waals surface area (Å²) in [5.74, 6) is 0.730. The van der Waals surface area contributed by atoms with Gasteiger partial charge in [0.1, 0.15) is 5.75 Å². The average molecular weight is 338 g/mol. The van der Waals surface area contributed by atoms with Gasteiger partial charge in [0.05, 0.1) is 18.4 Å². The van der Waals surface area contributed by atoms with Crippen LogP contribution in [0.15, 0.2) is 48.5 Å². The lowest BCUT2D eigenvalue weighted by atomic mass is 10.1. The molecule has 0 radical (unpaired) electrons. The van der Waals surface area contributed by atoms with Gasteiger partial charge < -0.3 is 15.4 Å². The van der Waals surface area contributed by atoms with E-state index in [2.05, 4.69) is 10.6 Å². The van der Waals surface area contributed by atoms with E-state index in [1.165, 1.54) is 18.2 Å². The topological polar surface area (TPSA) is 50.4 Å². The lowest BCUT2D eigenvalue weighted by molar-refractivity contribution is -0.136. The van der Waals surface area contributed by atoms with E-state index in [0.717, 1.165) is 17.4 Å². The van der Waals surface area contributed by atoms with Crippen LogP contribution in [0.5, 0.6) is 5.75 Å². The fraction of sp³-hybridized carbons (Fsp3) is 0.235. The van der Waals surface area contributed by atoms with Gasteiger partial charge in [-0.1, -0.05) is 24.3 Å². The Balaban J connectivity index is 1.87. The summed E-state index contributed by atoms with van der Waals surface area (Å²) in [6.45, 7) is 0.298. The number of halogens is 3. The van der Waals surface area contributed by atoms with Crippen molar-refractivity contribution >= 4 is 11.7 Å². The molecule has 0 aliphatic rings. The Labute approximate surface area is 137 Å². The minimum Gasteiger partial charge on any atom is -0.497 e. The molecule has 7 heteroatoms. The van der Waals surface area contributed by atoms with Crippen molar-refractivity contribution in [2.75, 3.05) is 19.0 Å². The van der Waals surface area contributed by atoms with Crippen molar-refractivity contribution in [1.29, 1.82) is 0 Å². The molecule has 2 N–H and O–H groups in total. The third-order valence-electron chi connectivity index (χ3n) is 3.34. The van der Waals surface area contributed by atoms with Crippen LogP contribution in [0.3, 0.4) is 0 Å². The van der Waals surface area contributed by atoms with Crippen molar-refractivity contribution < 1.29 is 22.7 Å². The first-order chi connectivity index (χ1) is 11.4. The SMILES string of the molecule is COc1ccc(CCNC(=O)Nc2ccccc2C(F)(F)F)cc1. The second-order valence-electron chi connectivity index (χ2n) is 5.02. The van der Waals surface area contributed by atoms with Crippen LogP contribution in [0, 0.1) is 0 Å². The normalized spacial score (nSPS) is 11.0. The highest BCUT2D eigenvalue weighted by Gasteiger charge is 2.33. The van der Waals surface area contributed by atoms with Crippen molar-refractivity contribution in [2.45, 2.75) is 12.6 Å². The zero-order chi connectivity index (χ0) is 17.6. The average Bonchev–Trinajstić information content (AvgIpc) is 2.55. The third kappa shape index (κ3) is 4.91. The summed E-state index contributed by atoms with van der Waals surface area (Å²) in [6, 6.07) is 11.5. The zero-order valence-electron chi connectivity index (χ0n) is 13.0. The van der Waals surface area contributed by atoms with E-state index >= 15 is 0 Å². The largest absolute Gasteiger partial charge is 0.497 e. The molecular formula is C17H17F3N2O2. The zero-order valence-corrected chi connectivity index (χ0v) is 13.0. The molecule has 0 aliphatic heterocycles. The molecule has 24 heavy (non-hydrogen) atoms. The van der Waals surface area contributed by atoms with Gasteiger partial charge in [0.25, 0.3) is 0 Å². The summed E-state index contributed by atoms with van der Waals surface area (Å²) in [7, 11) is 1.57. The van der Waals surface area contributed by atoms with Crippen LogP contribution < -0.4 is 15.4 Å². The smallest absolute Gasteiger partial charge is 0.418 e. The number of rotatable bonds is 5. The first-order valence-electron chi connectivity index (χ1n) is 7.24. The first-order valence-corrected chi connectivity index (χ1v) is 7.24. The molecule has 0 aromatic heterocycles. The summed E-state index contributed by atoms with van der Waals surface area (Å²) in [5, 5.41) is 4.77. The van der Waals surface area contributed by atoms with Gasteiger partial charge in [-0.25, -0.2) is 4.79 Å². The van der Waals surface area contributed by atoms with Gasteiger partial charge in [0, 0.05) is 6.54 Å². The van der Waals surface area contributed by atoms with Gasteiger partial charge >= 0.3 is 12.2 Å². The van der Waals surface area contributed by atoms with Crippen LogP contribution in [0.25, 0.3) is 0 Å². The van der Waals surface area contributed by atoms with Gasteiger partial charge in [-0.15, -0.1) is 0 Å². The van der Waals surface area contributed by atoms with E-state index in [1.54, 1.807) is 19.2 Å². The van der Waals surface area contributed by atoms with Crippen LogP contribution in [0.1, 0.15) is 11.1 Å². The summed E-state index contributed by atoms with van der Waals surface area (Å²) < 4.78 is 43.6. The molecule has 0 aliphatic carbocycles. The molecule has 128 valence electrons. The number of anilines is 1. The molecule has 2 amide bonds. The number of para-hydroxylation sites is 1. The van der Waals surface area contributed by atoms with Gasteiger partial charge in [0.2, 0.25) is 0 Å². The maximum atomic E-state index is 12.9. The summed E-state index contributed by atoms with van der Waals surface area (Å²) in [5.41, 5.74) is -0.172. The number of carbonyl (C=O) groups excluding carboxylic acids is 1. The molecule has 0 bridgehead atoms. The maximum absolute atomic E-state index is 12.9. The van der Waals surface area contributed by atoms with Crippen molar-refractivity contribution in [3.63, 3.8) is 0 Å². The van der Waals surface area contributed by atoms with E-state index in [0.29, 0.717) is 13.0 Å². The maximum Gasteiger partial charge on any atom is 0.418 e. The van der Waals surface area contributed by atoms with Crippen LogP contribution in [0.4, 0.5) is 23.7 Å². The number of benzene rings is 2. The van der Waals surface area contributed by atoms with E-state index in [1.807, 2.05) is 12.1 Å². The third-order valence-corrected chi connectivity index (χ3v) is 3.34. The van der Waals surface area contributed by atoms with Crippen molar-refractivity contribution in [3.05, 3.63) is 59.7 Å². The number of carbonyl (C=O) groups is 1. The molecule has 2 aromatic carbocycles. The lowest BCUT2D eigenvalue weighted by Gasteiger charge is -2.14. The monoisotopic (exact) mass is 338 g/mol. The van der Waals surface area contributed by atoms with Gasteiger partial charge in [-0.2, -0.15) is 13.2 Å². The number of ether oxygens (including phenoxy) is 1. The van der Waals surface area contributed by atoms with Crippen molar-refractivity contribution in [2.24, 2.45) is 0 Å². The lowest BCUT2D eigenvalue weighted by Crippen LogP contribution is -2.31. The highest BCUT2D eigenvalue weighted by molar-refractivity contribution is 5.90. The van der Waals surface area contributed by atoms with Gasteiger partial charge in [-0.05, 0) is 36.2 Å². The number of nitrogens with one attached hydrogen (secondary N) is 2. The van der Waals surface area contributed by atoms with E-state index in [-0.39, 0.29) is 5.69 Å². The Morgan fingerprint density at radius 3 is 2.38 bits per heavy atom. The quantitative estimate of drug-likeness (QED) is 0.863. The van der Waals surface area contributed by atoms with Crippen LogP contribution in [-0.2, 0) is 12.6 Å².